The number of carbonyl (C=O) groups is 2. The van der Waals surface area contributed by atoms with Crippen LogP contribution in [0.15, 0.2) is 24.3 Å². The van der Waals surface area contributed by atoms with Gasteiger partial charge in [0.2, 0.25) is 0 Å². The van der Waals surface area contributed by atoms with Crippen LogP contribution < -0.4 is 5.32 Å². The van der Waals surface area contributed by atoms with Crippen LogP contribution in [0.25, 0.3) is 0 Å². The summed E-state index contributed by atoms with van der Waals surface area (Å²) < 4.78 is 0. The van der Waals surface area contributed by atoms with Gasteiger partial charge in [-0.3, -0.25) is 4.79 Å². The first-order valence-electron chi connectivity index (χ1n) is 6.58. The van der Waals surface area contributed by atoms with Crippen LogP contribution >= 0.6 is 11.3 Å². The van der Waals surface area contributed by atoms with Gasteiger partial charge in [0.25, 0.3) is 5.91 Å². The van der Waals surface area contributed by atoms with Crippen LogP contribution in [0.5, 0.6) is 0 Å². The first kappa shape index (κ1) is 15.2. The zero-order valence-corrected chi connectivity index (χ0v) is 12.7. The summed E-state index contributed by atoms with van der Waals surface area (Å²) in [5, 5.41) is 12.6. The molecule has 0 aliphatic rings. The van der Waals surface area contributed by atoms with Gasteiger partial charge < -0.3 is 10.4 Å². The number of carbonyl (C=O) groups excluding carboxylic acids is 1. The van der Waals surface area contributed by atoms with Gasteiger partial charge in [0.1, 0.15) is 4.88 Å². The number of hydrogen-bond acceptors (Lipinski definition) is 4. The Kier molecular flexibility index (Phi) is 4.70. The van der Waals surface area contributed by atoms with Crippen molar-refractivity contribution in [3.63, 3.8) is 0 Å². The highest BCUT2D eigenvalue weighted by molar-refractivity contribution is 7.13. The number of benzene rings is 1. The van der Waals surface area contributed by atoms with Gasteiger partial charge in [-0.2, -0.15) is 0 Å². The summed E-state index contributed by atoms with van der Waals surface area (Å²) in [6.45, 7) is 1.95. The smallest absolute Gasteiger partial charge is 0.347 e. The van der Waals surface area contributed by atoms with Crippen LogP contribution in [-0.4, -0.2) is 29.0 Å². The number of nitrogens with zero attached hydrogens (tertiary/aromatic N) is 1. The number of aromatic carboxylic acids is 1. The molecule has 1 heterocycles. The molecule has 0 aliphatic heterocycles. The minimum atomic E-state index is -0.941. The van der Waals surface area contributed by atoms with Crippen LogP contribution in [0.4, 0.5) is 0 Å². The van der Waals surface area contributed by atoms with Crippen molar-refractivity contribution in [2.24, 2.45) is 0 Å². The number of carboxylic acid groups (broad SMARTS) is 1. The fraction of sp³-hybridized carbons (Fsp3) is 0.267. The molecule has 2 N–H and O–H groups in total. The maximum absolute atomic E-state index is 11.5. The molecule has 1 aromatic carbocycles. The van der Waals surface area contributed by atoms with E-state index in [4.69, 9.17) is 0 Å². The molecule has 6 heteroatoms. The molecule has 0 fully saturated rings. The first-order valence-corrected chi connectivity index (χ1v) is 7.39. The molecular formula is C15H16N2O3S. The van der Waals surface area contributed by atoms with Crippen molar-refractivity contribution in [2.45, 2.75) is 19.8 Å². The molecule has 0 saturated heterocycles. The van der Waals surface area contributed by atoms with E-state index in [1.54, 1.807) is 19.2 Å². The molecule has 1 aromatic heterocycles. The highest BCUT2D eigenvalue weighted by Gasteiger charge is 2.17. The van der Waals surface area contributed by atoms with Crippen molar-refractivity contribution in [3.05, 3.63) is 51.0 Å². The second-order valence-electron chi connectivity index (χ2n) is 4.49. The molecule has 2 rings (SSSR count). The van der Waals surface area contributed by atoms with Gasteiger partial charge in [-0.25, -0.2) is 9.78 Å². The summed E-state index contributed by atoms with van der Waals surface area (Å²) in [6.07, 6.45) is 1.17. The fourth-order valence-corrected chi connectivity index (χ4v) is 2.81. The molecule has 110 valence electrons. The Hall–Kier alpha value is -2.21. The number of hydrogen-bond donors (Lipinski definition) is 2. The van der Waals surface area contributed by atoms with Crippen molar-refractivity contribution in [1.82, 2.24) is 10.3 Å². The molecule has 0 saturated carbocycles. The number of amides is 1. The summed E-state index contributed by atoms with van der Waals surface area (Å²) in [5.74, 6) is -1.08. The van der Waals surface area contributed by atoms with Crippen LogP contribution in [0.2, 0.25) is 0 Å². The fourth-order valence-electron chi connectivity index (χ4n) is 1.95. The number of thiazole rings is 1. The Balaban J connectivity index is 2.23. The lowest BCUT2D eigenvalue weighted by atomic mass is 10.1. The third-order valence-electron chi connectivity index (χ3n) is 3.05. The second kappa shape index (κ2) is 6.49. The summed E-state index contributed by atoms with van der Waals surface area (Å²) in [5.41, 5.74) is 2.09. The van der Waals surface area contributed by atoms with E-state index in [1.165, 1.54) is 11.3 Å². The Bertz CT molecular complexity index is 662. The Labute approximate surface area is 126 Å². The van der Waals surface area contributed by atoms with E-state index in [1.807, 2.05) is 19.1 Å². The molecular weight excluding hydrogens is 288 g/mol. The normalized spacial score (nSPS) is 10.4. The van der Waals surface area contributed by atoms with Gasteiger partial charge in [0, 0.05) is 19.0 Å². The van der Waals surface area contributed by atoms with Crippen molar-refractivity contribution in [3.8, 4) is 0 Å². The van der Waals surface area contributed by atoms with E-state index in [9.17, 15) is 14.7 Å². The maximum Gasteiger partial charge on any atom is 0.347 e. The Morgan fingerprint density at radius 2 is 1.95 bits per heavy atom. The highest BCUT2D eigenvalue weighted by atomic mass is 32.1. The van der Waals surface area contributed by atoms with Crippen molar-refractivity contribution in [1.29, 1.82) is 0 Å². The Morgan fingerprint density at radius 3 is 2.48 bits per heavy atom. The van der Waals surface area contributed by atoms with E-state index < -0.39 is 5.97 Å². The topological polar surface area (TPSA) is 79.3 Å². The Morgan fingerprint density at radius 1 is 1.29 bits per heavy atom. The molecule has 21 heavy (non-hydrogen) atoms. The minimum Gasteiger partial charge on any atom is -0.477 e. The van der Waals surface area contributed by atoms with Gasteiger partial charge in [-0.05, 0) is 24.1 Å². The average molecular weight is 304 g/mol. The molecule has 0 unspecified atom stereocenters. The van der Waals surface area contributed by atoms with E-state index in [0.717, 1.165) is 17.0 Å². The van der Waals surface area contributed by atoms with Gasteiger partial charge in [0.15, 0.2) is 0 Å². The predicted molar refractivity (Wildman–Crippen MR) is 81.1 cm³/mol. The van der Waals surface area contributed by atoms with E-state index in [0.29, 0.717) is 22.6 Å². The first-order chi connectivity index (χ1) is 10.0. The van der Waals surface area contributed by atoms with Crippen LogP contribution in [0, 0.1) is 0 Å². The SMILES string of the molecule is CCc1nc(Cc2ccc(C(=O)NC)cc2)c(C(=O)O)s1. The van der Waals surface area contributed by atoms with Crippen LogP contribution in [-0.2, 0) is 12.8 Å². The van der Waals surface area contributed by atoms with Crippen molar-refractivity contribution >= 4 is 23.2 Å². The molecule has 5 nitrogen and oxygen atoms in total. The third-order valence-corrected chi connectivity index (χ3v) is 4.28. The maximum atomic E-state index is 11.5. The summed E-state index contributed by atoms with van der Waals surface area (Å²) in [6, 6.07) is 7.09. The van der Waals surface area contributed by atoms with Gasteiger partial charge in [-0.1, -0.05) is 19.1 Å². The highest BCUT2D eigenvalue weighted by Crippen LogP contribution is 2.22. The van der Waals surface area contributed by atoms with Crippen LogP contribution in [0.3, 0.4) is 0 Å². The molecule has 1 amide bonds. The van der Waals surface area contributed by atoms with Crippen LogP contribution in [0.1, 0.15) is 43.2 Å². The quantitative estimate of drug-likeness (QED) is 0.888. The monoisotopic (exact) mass is 304 g/mol. The minimum absolute atomic E-state index is 0.144. The lowest BCUT2D eigenvalue weighted by Crippen LogP contribution is -2.17. The molecule has 0 bridgehead atoms. The summed E-state index contributed by atoms with van der Waals surface area (Å²) in [7, 11) is 1.58. The number of aryl methyl sites for hydroxylation is 1. The lowest BCUT2D eigenvalue weighted by molar-refractivity contribution is 0.0700. The van der Waals surface area contributed by atoms with E-state index in [2.05, 4.69) is 10.3 Å². The van der Waals surface area contributed by atoms with Crippen molar-refractivity contribution in [2.75, 3.05) is 7.05 Å². The number of rotatable bonds is 5. The van der Waals surface area contributed by atoms with E-state index >= 15 is 0 Å². The van der Waals surface area contributed by atoms with E-state index in [-0.39, 0.29) is 5.91 Å². The van der Waals surface area contributed by atoms with Gasteiger partial charge in [-0.15, -0.1) is 11.3 Å². The number of aromatic nitrogens is 1. The standard InChI is InChI=1S/C15H16N2O3S/c1-3-12-17-11(13(21-12)15(19)20)8-9-4-6-10(7-5-9)14(18)16-2/h4-7H,3,8H2,1-2H3,(H,16,18)(H,19,20). The largest absolute Gasteiger partial charge is 0.477 e. The molecule has 0 radical (unpaired) electrons. The number of carboxylic acids is 1. The predicted octanol–water partition coefficient (Wildman–Crippen LogP) is 2.35. The van der Waals surface area contributed by atoms with Gasteiger partial charge >= 0.3 is 5.97 Å². The lowest BCUT2D eigenvalue weighted by Gasteiger charge is -2.03. The molecule has 0 spiro atoms. The van der Waals surface area contributed by atoms with Gasteiger partial charge in [0.05, 0.1) is 10.7 Å². The molecule has 0 aliphatic carbocycles. The zero-order valence-electron chi connectivity index (χ0n) is 11.8. The summed E-state index contributed by atoms with van der Waals surface area (Å²) >= 11 is 1.22. The summed E-state index contributed by atoms with van der Waals surface area (Å²) in [4.78, 5) is 27.4. The third kappa shape index (κ3) is 3.46. The molecule has 2 aromatic rings. The number of nitrogens with one attached hydrogen (secondary N) is 1. The average Bonchev–Trinajstić information content (AvgIpc) is 2.90. The zero-order chi connectivity index (χ0) is 15.4. The second-order valence-corrected chi connectivity index (χ2v) is 5.58. The molecule has 0 atom stereocenters. The van der Waals surface area contributed by atoms with Crippen molar-refractivity contribution < 1.29 is 14.7 Å².